The van der Waals surface area contributed by atoms with E-state index in [1.54, 1.807) is 6.20 Å². The Morgan fingerprint density at radius 3 is 2.88 bits per heavy atom. The monoisotopic (exact) mass is 231 g/mol. The number of aromatic nitrogens is 3. The molecule has 1 N–H and O–H groups in total. The summed E-state index contributed by atoms with van der Waals surface area (Å²) in [5, 5.41) is 13.8. The van der Waals surface area contributed by atoms with Gasteiger partial charge in [-0.05, 0) is 31.0 Å². The summed E-state index contributed by atoms with van der Waals surface area (Å²) in [6.45, 7) is 4.94. The highest BCUT2D eigenvalue weighted by Crippen LogP contribution is 2.20. The van der Waals surface area contributed by atoms with E-state index in [-0.39, 0.29) is 6.61 Å². The van der Waals surface area contributed by atoms with Gasteiger partial charge in [0.1, 0.15) is 5.69 Å². The van der Waals surface area contributed by atoms with Crippen molar-refractivity contribution in [2.75, 3.05) is 0 Å². The molecule has 17 heavy (non-hydrogen) atoms. The van der Waals surface area contributed by atoms with E-state index in [4.69, 9.17) is 0 Å². The normalized spacial score (nSPS) is 10.8. The van der Waals surface area contributed by atoms with E-state index >= 15 is 0 Å². The summed E-state index contributed by atoms with van der Waals surface area (Å²) in [7, 11) is 0. The minimum Gasteiger partial charge on any atom is -0.390 e. The van der Waals surface area contributed by atoms with Crippen LogP contribution >= 0.6 is 0 Å². The molecule has 0 spiro atoms. The maximum absolute atomic E-state index is 9.29. The van der Waals surface area contributed by atoms with Crippen LogP contribution in [0.1, 0.15) is 24.6 Å². The standard InChI is InChI=1S/C13H17N3O/c1-3-7-16-11(9-17)8-12(15-16)13-10(2)5-4-6-14-13/h4-6,8,17H,3,7,9H2,1-2H3. The Kier molecular flexibility index (Phi) is 3.54. The molecule has 0 bridgehead atoms. The fourth-order valence-electron chi connectivity index (χ4n) is 1.86. The molecule has 4 heteroatoms. The lowest BCUT2D eigenvalue weighted by molar-refractivity contribution is 0.267. The molecule has 0 aliphatic carbocycles. The summed E-state index contributed by atoms with van der Waals surface area (Å²) in [5.41, 5.74) is 3.66. The summed E-state index contributed by atoms with van der Waals surface area (Å²) in [5.74, 6) is 0. The van der Waals surface area contributed by atoms with E-state index in [1.165, 1.54) is 0 Å². The third-order valence-electron chi connectivity index (χ3n) is 2.71. The summed E-state index contributed by atoms with van der Waals surface area (Å²) in [4.78, 5) is 4.34. The molecular formula is C13H17N3O. The van der Waals surface area contributed by atoms with Gasteiger partial charge in [0.2, 0.25) is 0 Å². The first kappa shape index (κ1) is 11.8. The number of aliphatic hydroxyl groups is 1. The zero-order valence-electron chi connectivity index (χ0n) is 10.2. The lowest BCUT2D eigenvalue weighted by Gasteiger charge is -2.02. The van der Waals surface area contributed by atoms with E-state index in [9.17, 15) is 5.11 Å². The van der Waals surface area contributed by atoms with Gasteiger partial charge in [0.15, 0.2) is 0 Å². The predicted molar refractivity (Wildman–Crippen MR) is 66.4 cm³/mol. The number of nitrogens with zero attached hydrogens (tertiary/aromatic N) is 3. The summed E-state index contributed by atoms with van der Waals surface area (Å²) in [6.07, 6.45) is 2.76. The first-order chi connectivity index (χ1) is 8.26. The van der Waals surface area contributed by atoms with Gasteiger partial charge < -0.3 is 5.11 Å². The largest absolute Gasteiger partial charge is 0.390 e. The van der Waals surface area contributed by atoms with Crippen molar-refractivity contribution in [2.45, 2.75) is 33.4 Å². The molecular weight excluding hydrogens is 214 g/mol. The predicted octanol–water partition coefficient (Wildman–Crippen LogP) is 2.16. The average Bonchev–Trinajstić information content (AvgIpc) is 2.73. The number of aliphatic hydroxyl groups excluding tert-OH is 1. The van der Waals surface area contributed by atoms with Crippen LogP contribution < -0.4 is 0 Å². The average molecular weight is 231 g/mol. The Morgan fingerprint density at radius 2 is 2.24 bits per heavy atom. The molecule has 0 aromatic carbocycles. The highest BCUT2D eigenvalue weighted by molar-refractivity contribution is 5.58. The Labute approximate surface area is 101 Å². The van der Waals surface area contributed by atoms with E-state index in [1.807, 2.05) is 29.8 Å². The molecule has 0 saturated heterocycles. The molecule has 0 atom stereocenters. The molecule has 2 aromatic rings. The second kappa shape index (κ2) is 5.10. The topological polar surface area (TPSA) is 50.9 Å². The molecule has 0 fully saturated rings. The highest BCUT2D eigenvalue weighted by Gasteiger charge is 2.10. The molecule has 0 unspecified atom stereocenters. The number of aryl methyl sites for hydroxylation is 2. The molecule has 2 heterocycles. The first-order valence-corrected chi connectivity index (χ1v) is 5.85. The van der Waals surface area contributed by atoms with Crippen molar-refractivity contribution < 1.29 is 5.11 Å². The fourth-order valence-corrected chi connectivity index (χ4v) is 1.86. The summed E-state index contributed by atoms with van der Waals surface area (Å²) < 4.78 is 1.85. The zero-order valence-corrected chi connectivity index (χ0v) is 10.2. The lowest BCUT2D eigenvalue weighted by Crippen LogP contribution is -2.04. The van der Waals surface area contributed by atoms with Crippen LogP contribution in [-0.4, -0.2) is 19.9 Å². The molecule has 2 aromatic heterocycles. The van der Waals surface area contributed by atoms with Crippen molar-refractivity contribution in [2.24, 2.45) is 0 Å². The van der Waals surface area contributed by atoms with Crippen LogP contribution in [0.15, 0.2) is 24.4 Å². The Balaban J connectivity index is 2.43. The van der Waals surface area contributed by atoms with Crippen molar-refractivity contribution in [1.29, 1.82) is 0 Å². The number of pyridine rings is 1. The maximum atomic E-state index is 9.29. The van der Waals surface area contributed by atoms with Crippen LogP contribution in [0.25, 0.3) is 11.4 Å². The maximum Gasteiger partial charge on any atom is 0.111 e. The van der Waals surface area contributed by atoms with Crippen molar-refractivity contribution in [3.8, 4) is 11.4 Å². The van der Waals surface area contributed by atoms with Gasteiger partial charge in [-0.1, -0.05) is 13.0 Å². The van der Waals surface area contributed by atoms with Crippen LogP contribution in [0.2, 0.25) is 0 Å². The quantitative estimate of drug-likeness (QED) is 0.877. The van der Waals surface area contributed by atoms with Crippen LogP contribution in [-0.2, 0) is 13.2 Å². The molecule has 0 aliphatic rings. The molecule has 0 amide bonds. The van der Waals surface area contributed by atoms with Crippen LogP contribution in [0, 0.1) is 6.92 Å². The second-order valence-electron chi connectivity index (χ2n) is 4.07. The van der Waals surface area contributed by atoms with Crippen LogP contribution in [0.5, 0.6) is 0 Å². The van der Waals surface area contributed by atoms with Gasteiger partial charge in [-0.3, -0.25) is 9.67 Å². The van der Waals surface area contributed by atoms with Gasteiger partial charge in [-0.15, -0.1) is 0 Å². The number of hydrogen-bond acceptors (Lipinski definition) is 3. The van der Waals surface area contributed by atoms with Crippen molar-refractivity contribution in [3.05, 3.63) is 35.7 Å². The van der Waals surface area contributed by atoms with E-state index in [0.717, 1.165) is 35.6 Å². The Bertz CT molecular complexity index is 505. The van der Waals surface area contributed by atoms with Gasteiger partial charge in [0.05, 0.1) is 18.0 Å². The van der Waals surface area contributed by atoms with E-state index in [2.05, 4.69) is 17.0 Å². The molecule has 0 saturated carbocycles. The van der Waals surface area contributed by atoms with Crippen molar-refractivity contribution in [1.82, 2.24) is 14.8 Å². The van der Waals surface area contributed by atoms with Gasteiger partial charge in [-0.2, -0.15) is 5.10 Å². The highest BCUT2D eigenvalue weighted by atomic mass is 16.3. The first-order valence-electron chi connectivity index (χ1n) is 5.85. The smallest absolute Gasteiger partial charge is 0.111 e. The van der Waals surface area contributed by atoms with E-state index < -0.39 is 0 Å². The minimum absolute atomic E-state index is 0.0128. The van der Waals surface area contributed by atoms with Gasteiger partial charge in [0, 0.05) is 12.7 Å². The summed E-state index contributed by atoms with van der Waals surface area (Å²) >= 11 is 0. The Hall–Kier alpha value is -1.68. The Morgan fingerprint density at radius 1 is 1.41 bits per heavy atom. The molecule has 90 valence electrons. The zero-order chi connectivity index (χ0) is 12.3. The van der Waals surface area contributed by atoms with Crippen molar-refractivity contribution >= 4 is 0 Å². The van der Waals surface area contributed by atoms with Gasteiger partial charge >= 0.3 is 0 Å². The van der Waals surface area contributed by atoms with Crippen LogP contribution in [0.3, 0.4) is 0 Å². The second-order valence-corrected chi connectivity index (χ2v) is 4.07. The summed E-state index contributed by atoms with van der Waals surface area (Å²) in [6, 6.07) is 5.83. The molecule has 2 rings (SSSR count). The van der Waals surface area contributed by atoms with Crippen LogP contribution in [0.4, 0.5) is 0 Å². The SMILES string of the molecule is CCCn1nc(-c2ncccc2C)cc1CO. The van der Waals surface area contributed by atoms with Crippen molar-refractivity contribution in [3.63, 3.8) is 0 Å². The number of hydrogen-bond donors (Lipinski definition) is 1. The van der Waals surface area contributed by atoms with Gasteiger partial charge in [0.25, 0.3) is 0 Å². The van der Waals surface area contributed by atoms with Gasteiger partial charge in [-0.25, -0.2) is 0 Å². The molecule has 4 nitrogen and oxygen atoms in total. The molecule has 0 aliphatic heterocycles. The number of rotatable bonds is 4. The van der Waals surface area contributed by atoms with E-state index in [0.29, 0.717) is 0 Å². The lowest BCUT2D eigenvalue weighted by atomic mass is 10.1. The molecule has 0 radical (unpaired) electrons. The third-order valence-corrected chi connectivity index (χ3v) is 2.71. The fraction of sp³-hybridized carbons (Fsp3) is 0.385. The minimum atomic E-state index is 0.0128. The third kappa shape index (κ3) is 2.36.